The molecule has 1 aliphatic rings. The van der Waals surface area contributed by atoms with Crippen molar-refractivity contribution in [2.45, 2.75) is 19.3 Å². The molecular formula is C45H35N. The highest BCUT2D eigenvalue weighted by Gasteiger charge is 2.35. The first-order valence-electron chi connectivity index (χ1n) is 16.0. The molecule has 0 radical (unpaired) electrons. The summed E-state index contributed by atoms with van der Waals surface area (Å²) in [6.45, 7) is 4.71. The Balaban J connectivity index is 1.36. The maximum atomic E-state index is 2.45. The molecule has 220 valence electrons. The molecule has 0 aromatic heterocycles. The predicted molar refractivity (Wildman–Crippen MR) is 195 cm³/mol. The Bertz CT molecular complexity index is 2140. The van der Waals surface area contributed by atoms with Crippen LogP contribution in [-0.4, -0.2) is 0 Å². The number of fused-ring (bicyclic) bond motifs is 3. The fourth-order valence-electron chi connectivity index (χ4n) is 7.08. The van der Waals surface area contributed by atoms with Crippen LogP contribution in [0, 0.1) is 0 Å². The van der Waals surface area contributed by atoms with Crippen molar-refractivity contribution in [3.05, 3.63) is 187 Å². The van der Waals surface area contributed by atoms with E-state index >= 15 is 0 Å². The molecule has 1 heteroatoms. The van der Waals surface area contributed by atoms with E-state index in [1.807, 2.05) is 0 Å². The van der Waals surface area contributed by atoms with Crippen LogP contribution < -0.4 is 4.90 Å². The third-order valence-corrected chi connectivity index (χ3v) is 9.49. The average Bonchev–Trinajstić information content (AvgIpc) is 3.35. The normalized spacial score (nSPS) is 12.7. The van der Waals surface area contributed by atoms with Crippen molar-refractivity contribution in [2.75, 3.05) is 4.90 Å². The van der Waals surface area contributed by atoms with E-state index in [1.165, 1.54) is 55.6 Å². The molecule has 7 aromatic carbocycles. The van der Waals surface area contributed by atoms with Crippen LogP contribution in [0.2, 0.25) is 0 Å². The quantitative estimate of drug-likeness (QED) is 0.186. The van der Waals surface area contributed by atoms with Crippen molar-refractivity contribution in [2.24, 2.45) is 0 Å². The molecule has 0 saturated heterocycles. The van der Waals surface area contributed by atoms with Gasteiger partial charge in [-0.15, -0.1) is 0 Å². The summed E-state index contributed by atoms with van der Waals surface area (Å²) >= 11 is 0. The van der Waals surface area contributed by atoms with E-state index in [4.69, 9.17) is 0 Å². The molecule has 1 nitrogen and oxygen atoms in total. The maximum Gasteiger partial charge on any atom is 0.0546 e. The largest absolute Gasteiger partial charge is 0.310 e. The second kappa shape index (κ2) is 11.4. The van der Waals surface area contributed by atoms with E-state index in [0.29, 0.717) is 0 Å². The fraction of sp³-hybridized carbons (Fsp3) is 0.0667. The van der Waals surface area contributed by atoms with Gasteiger partial charge in [0.1, 0.15) is 0 Å². The topological polar surface area (TPSA) is 3.24 Å². The zero-order valence-electron chi connectivity index (χ0n) is 26.2. The minimum Gasteiger partial charge on any atom is -0.310 e. The van der Waals surface area contributed by atoms with Gasteiger partial charge >= 0.3 is 0 Å². The highest BCUT2D eigenvalue weighted by Crippen LogP contribution is 2.51. The van der Waals surface area contributed by atoms with E-state index in [9.17, 15) is 0 Å². The van der Waals surface area contributed by atoms with Crippen molar-refractivity contribution >= 4 is 17.1 Å². The van der Waals surface area contributed by atoms with E-state index in [0.717, 1.165) is 17.1 Å². The molecule has 0 unspecified atom stereocenters. The summed E-state index contributed by atoms with van der Waals surface area (Å²) in [6, 6.07) is 63.8. The van der Waals surface area contributed by atoms with Crippen LogP contribution in [0.3, 0.4) is 0 Å². The van der Waals surface area contributed by atoms with Gasteiger partial charge in [-0.3, -0.25) is 0 Å². The Kier molecular flexibility index (Phi) is 6.88. The number of benzene rings is 7. The lowest BCUT2D eigenvalue weighted by Crippen LogP contribution is -2.17. The lowest BCUT2D eigenvalue weighted by molar-refractivity contribution is 0.660. The van der Waals surface area contributed by atoms with Gasteiger partial charge in [-0.1, -0.05) is 159 Å². The van der Waals surface area contributed by atoms with Crippen molar-refractivity contribution in [1.82, 2.24) is 0 Å². The van der Waals surface area contributed by atoms with Gasteiger partial charge in [0.2, 0.25) is 0 Å². The zero-order chi connectivity index (χ0) is 31.1. The minimum absolute atomic E-state index is 0.0983. The second-order valence-corrected chi connectivity index (χ2v) is 12.6. The molecule has 0 spiro atoms. The molecule has 0 saturated carbocycles. The number of rotatable bonds is 6. The van der Waals surface area contributed by atoms with E-state index in [-0.39, 0.29) is 5.41 Å². The third-order valence-electron chi connectivity index (χ3n) is 9.49. The van der Waals surface area contributed by atoms with Gasteiger partial charge in [0.05, 0.1) is 5.69 Å². The molecule has 0 amide bonds. The first-order chi connectivity index (χ1) is 22.6. The SMILES string of the molecule is CC1(C)c2ccccc2-c2ccc(N(c3ccc(-c4ccccc4)cc3)c3cc(-c4ccccc4)ccc3-c3ccccc3)cc21. The second-order valence-electron chi connectivity index (χ2n) is 12.6. The number of hydrogen-bond donors (Lipinski definition) is 0. The molecule has 0 heterocycles. The minimum atomic E-state index is -0.0983. The van der Waals surface area contributed by atoms with Gasteiger partial charge in [-0.25, -0.2) is 0 Å². The van der Waals surface area contributed by atoms with Crippen molar-refractivity contribution in [3.8, 4) is 44.5 Å². The Morgan fingerprint density at radius 1 is 0.348 bits per heavy atom. The average molecular weight is 590 g/mol. The van der Waals surface area contributed by atoms with Crippen LogP contribution in [0.1, 0.15) is 25.0 Å². The van der Waals surface area contributed by atoms with Crippen LogP contribution in [0.5, 0.6) is 0 Å². The number of nitrogens with zero attached hydrogens (tertiary/aromatic N) is 1. The fourth-order valence-corrected chi connectivity index (χ4v) is 7.08. The van der Waals surface area contributed by atoms with Crippen molar-refractivity contribution in [3.63, 3.8) is 0 Å². The third kappa shape index (κ3) is 4.82. The maximum absolute atomic E-state index is 2.45. The smallest absolute Gasteiger partial charge is 0.0546 e. The molecule has 8 rings (SSSR count). The Morgan fingerprint density at radius 3 is 1.50 bits per heavy atom. The van der Waals surface area contributed by atoms with Gasteiger partial charge in [0.15, 0.2) is 0 Å². The van der Waals surface area contributed by atoms with Gasteiger partial charge in [0.25, 0.3) is 0 Å². The summed E-state index contributed by atoms with van der Waals surface area (Å²) in [6.07, 6.45) is 0. The predicted octanol–water partition coefficient (Wildman–Crippen LogP) is 12.5. The van der Waals surface area contributed by atoms with E-state index < -0.39 is 0 Å². The summed E-state index contributed by atoms with van der Waals surface area (Å²) < 4.78 is 0. The van der Waals surface area contributed by atoms with Crippen LogP contribution in [0.4, 0.5) is 17.1 Å². The molecular weight excluding hydrogens is 555 g/mol. The lowest BCUT2D eigenvalue weighted by atomic mass is 9.82. The molecule has 46 heavy (non-hydrogen) atoms. The molecule has 0 aliphatic heterocycles. The van der Waals surface area contributed by atoms with Gasteiger partial charge in [-0.2, -0.15) is 0 Å². The van der Waals surface area contributed by atoms with Crippen LogP contribution in [0.15, 0.2) is 176 Å². The Labute approximate surface area is 272 Å². The summed E-state index contributed by atoms with van der Waals surface area (Å²) in [7, 11) is 0. The highest BCUT2D eigenvalue weighted by atomic mass is 15.1. The van der Waals surface area contributed by atoms with Crippen LogP contribution >= 0.6 is 0 Å². The van der Waals surface area contributed by atoms with Gasteiger partial charge in [0, 0.05) is 22.4 Å². The van der Waals surface area contributed by atoms with Crippen molar-refractivity contribution in [1.29, 1.82) is 0 Å². The van der Waals surface area contributed by atoms with Gasteiger partial charge < -0.3 is 4.90 Å². The molecule has 0 fully saturated rings. The van der Waals surface area contributed by atoms with Crippen LogP contribution in [-0.2, 0) is 5.41 Å². The summed E-state index contributed by atoms with van der Waals surface area (Å²) in [4.78, 5) is 2.45. The lowest BCUT2D eigenvalue weighted by Gasteiger charge is -2.30. The molecule has 0 bridgehead atoms. The highest BCUT2D eigenvalue weighted by molar-refractivity contribution is 5.92. The van der Waals surface area contributed by atoms with Crippen LogP contribution in [0.25, 0.3) is 44.5 Å². The number of anilines is 3. The molecule has 1 aliphatic carbocycles. The number of hydrogen-bond acceptors (Lipinski definition) is 1. The summed E-state index contributed by atoms with van der Waals surface area (Å²) in [5, 5.41) is 0. The first kappa shape index (κ1) is 27.9. The Morgan fingerprint density at radius 2 is 0.826 bits per heavy atom. The monoisotopic (exact) mass is 589 g/mol. The Hall–Kier alpha value is -5.66. The molecule has 7 aromatic rings. The van der Waals surface area contributed by atoms with Crippen molar-refractivity contribution < 1.29 is 0 Å². The molecule has 0 atom stereocenters. The van der Waals surface area contributed by atoms with E-state index in [1.54, 1.807) is 0 Å². The van der Waals surface area contributed by atoms with Gasteiger partial charge in [-0.05, 0) is 80.4 Å². The first-order valence-corrected chi connectivity index (χ1v) is 16.0. The standard InChI is InChI=1S/C45H35N/c1-45(2)42-21-13-12-20-40(42)41-29-27-38(31-43(41)45)46(37-25-22-34(23-26-37)32-14-6-3-7-15-32)44-30-36(33-16-8-4-9-17-33)24-28-39(44)35-18-10-5-11-19-35/h3-31H,1-2H3. The zero-order valence-corrected chi connectivity index (χ0v) is 26.2. The van der Waals surface area contributed by atoms with E-state index in [2.05, 4.69) is 195 Å². The molecule has 0 N–H and O–H groups in total. The summed E-state index contributed by atoms with van der Waals surface area (Å²) in [5.74, 6) is 0. The summed E-state index contributed by atoms with van der Waals surface area (Å²) in [5.41, 5.74) is 15.9.